The van der Waals surface area contributed by atoms with Crippen LogP contribution in [0.1, 0.15) is 40.7 Å². The number of hydrazone groups is 1. The van der Waals surface area contributed by atoms with Gasteiger partial charge in [0.1, 0.15) is 0 Å². The van der Waals surface area contributed by atoms with Gasteiger partial charge in [-0.05, 0) is 43.0 Å². The number of carbonyl (C=O) groups is 1. The smallest absolute Gasteiger partial charge is 0.254 e. The van der Waals surface area contributed by atoms with E-state index in [4.69, 9.17) is 5.10 Å². The lowest BCUT2D eigenvalue weighted by molar-refractivity contribution is 0.0725. The molecule has 3 aromatic carbocycles. The molecule has 4 nitrogen and oxygen atoms in total. The Morgan fingerprint density at radius 2 is 1.45 bits per heavy atom. The van der Waals surface area contributed by atoms with Crippen molar-refractivity contribution in [1.29, 1.82) is 0 Å². The predicted molar refractivity (Wildman–Crippen MR) is 117 cm³/mol. The molecular formula is C25H23N3O. The fraction of sp³-hybridized carbons (Fsp3) is 0.200. The number of fused-ring (bicyclic) bond motifs is 3. The van der Waals surface area contributed by atoms with Gasteiger partial charge in [0.25, 0.3) is 5.91 Å². The van der Waals surface area contributed by atoms with E-state index in [0.717, 1.165) is 65.1 Å². The highest BCUT2D eigenvalue weighted by atomic mass is 16.2. The second-order valence-corrected chi connectivity index (χ2v) is 7.56. The second-order valence-electron chi connectivity index (χ2n) is 7.56. The van der Waals surface area contributed by atoms with Gasteiger partial charge in [-0.1, -0.05) is 54.6 Å². The molecule has 0 aromatic heterocycles. The van der Waals surface area contributed by atoms with Crippen LogP contribution in [-0.2, 0) is 0 Å². The van der Waals surface area contributed by atoms with Crippen LogP contribution in [0.15, 0.2) is 77.9 Å². The second kappa shape index (κ2) is 7.55. The molecular weight excluding hydrogens is 358 g/mol. The van der Waals surface area contributed by atoms with Gasteiger partial charge >= 0.3 is 0 Å². The van der Waals surface area contributed by atoms with Crippen molar-refractivity contribution in [3.8, 4) is 11.1 Å². The Labute approximate surface area is 170 Å². The highest BCUT2D eigenvalue weighted by Gasteiger charge is 2.30. The van der Waals surface area contributed by atoms with E-state index in [0.29, 0.717) is 0 Å². The van der Waals surface area contributed by atoms with E-state index in [1.807, 2.05) is 59.5 Å². The highest BCUT2D eigenvalue weighted by molar-refractivity contribution is 6.27. The van der Waals surface area contributed by atoms with Crippen molar-refractivity contribution in [3.63, 3.8) is 0 Å². The number of anilines is 1. The number of carbonyl (C=O) groups excluding carboxylic acids is 1. The zero-order chi connectivity index (χ0) is 19.6. The number of nitrogens with one attached hydrogen (secondary N) is 1. The van der Waals surface area contributed by atoms with Gasteiger partial charge in [-0.2, -0.15) is 5.10 Å². The number of amides is 1. The Hall–Kier alpha value is -3.40. The summed E-state index contributed by atoms with van der Waals surface area (Å²) < 4.78 is 0. The number of piperidine rings is 1. The predicted octanol–water partition coefficient (Wildman–Crippen LogP) is 5.16. The average Bonchev–Trinajstić information content (AvgIpc) is 3.12. The lowest BCUT2D eigenvalue weighted by Gasteiger charge is -2.27. The normalized spacial score (nSPS) is 16.4. The molecule has 0 unspecified atom stereocenters. The average molecular weight is 381 g/mol. The van der Waals surface area contributed by atoms with Gasteiger partial charge in [-0.3, -0.25) is 10.2 Å². The van der Waals surface area contributed by atoms with Crippen LogP contribution >= 0.6 is 0 Å². The first-order chi connectivity index (χ1) is 14.3. The van der Waals surface area contributed by atoms with Crippen LogP contribution < -0.4 is 5.43 Å². The summed E-state index contributed by atoms with van der Waals surface area (Å²) in [7, 11) is 0. The zero-order valence-corrected chi connectivity index (χ0v) is 16.3. The lowest BCUT2D eigenvalue weighted by atomic mass is 9.98. The first-order valence-electron chi connectivity index (χ1n) is 10.2. The molecule has 1 aliphatic carbocycles. The monoisotopic (exact) mass is 381 g/mol. The van der Waals surface area contributed by atoms with Crippen LogP contribution in [0.3, 0.4) is 0 Å². The van der Waals surface area contributed by atoms with Crippen molar-refractivity contribution in [2.45, 2.75) is 19.3 Å². The number of hydrogen-bond donors (Lipinski definition) is 1. The third-order valence-corrected chi connectivity index (χ3v) is 5.72. The maximum atomic E-state index is 13.3. The highest BCUT2D eigenvalue weighted by Crippen LogP contribution is 2.40. The van der Waals surface area contributed by atoms with Crippen molar-refractivity contribution >= 4 is 17.3 Å². The molecule has 0 spiro atoms. The molecule has 1 amide bonds. The Morgan fingerprint density at radius 3 is 2.24 bits per heavy atom. The zero-order valence-electron chi connectivity index (χ0n) is 16.3. The molecule has 3 aromatic rings. The maximum Gasteiger partial charge on any atom is 0.254 e. The van der Waals surface area contributed by atoms with E-state index < -0.39 is 0 Å². The van der Waals surface area contributed by atoms with Gasteiger partial charge in [0.05, 0.1) is 11.4 Å². The van der Waals surface area contributed by atoms with E-state index in [2.05, 4.69) is 23.6 Å². The summed E-state index contributed by atoms with van der Waals surface area (Å²) in [6.45, 7) is 1.70. The van der Waals surface area contributed by atoms with Crippen LogP contribution in [0.4, 0.5) is 5.69 Å². The Balaban J connectivity index is 1.59. The molecule has 1 saturated heterocycles. The molecule has 1 fully saturated rings. The van der Waals surface area contributed by atoms with Gasteiger partial charge < -0.3 is 4.90 Å². The summed E-state index contributed by atoms with van der Waals surface area (Å²) in [5.74, 6) is 0.133. The Morgan fingerprint density at radius 1 is 0.759 bits per heavy atom. The quantitative estimate of drug-likeness (QED) is 0.498. The van der Waals surface area contributed by atoms with Crippen LogP contribution in [0.2, 0.25) is 0 Å². The fourth-order valence-electron chi connectivity index (χ4n) is 4.29. The van der Waals surface area contributed by atoms with E-state index in [9.17, 15) is 4.79 Å². The number of rotatable bonds is 3. The number of likely N-dealkylation sites (tertiary alicyclic amines) is 1. The number of benzene rings is 3. The SMILES string of the molecule is O=C(c1cccc2c1-c1ccccc1/C2=N/Nc1ccccc1)N1CCCCC1. The molecule has 0 saturated carbocycles. The van der Waals surface area contributed by atoms with E-state index in [1.54, 1.807) is 0 Å². The molecule has 1 heterocycles. The summed E-state index contributed by atoms with van der Waals surface area (Å²) in [4.78, 5) is 15.3. The van der Waals surface area contributed by atoms with Crippen molar-refractivity contribution < 1.29 is 4.79 Å². The number of para-hydroxylation sites is 1. The maximum absolute atomic E-state index is 13.3. The van der Waals surface area contributed by atoms with Crippen molar-refractivity contribution in [3.05, 3.63) is 89.5 Å². The summed E-state index contributed by atoms with van der Waals surface area (Å²) >= 11 is 0. The number of hydrogen-bond acceptors (Lipinski definition) is 3. The standard InChI is InChI=1S/C25H23N3O/c29-25(28-16-7-2-8-17-28)22-15-9-14-21-23(22)19-12-5-6-13-20(19)24(21)27-26-18-10-3-1-4-11-18/h1,3-6,9-15,26H,2,7-8,16-17H2/b27-24-. The van der Waals surface area contributed by atoms with E-state index in [-0.39, 0.29) is 5.91 Å². The molecule has 1 aliphatic heterocycles. The molecule has 29 heavy (non-hydrogen) atoms. The van der Waals surface area contributed by atoms with Gasteiger partial charge in [0.15, 0.2) is 0 Å². The molecule has 144 valence electrons. The van der Waals surface area contributed by atoms with Gasteiger partial charge in [-0.15, -0.1) is 0 Å². The van der Waals surface area contributed by atoms with Gasteiger partial charge in [0, 0.05) is 35.3 Å². The summed E-state index contributed by atoms with van der Waals surface area (Å²) in [5.41, 5.74) is 9.93. The largest absolute Gasteiger partial charge is 0.339 e. The molecule has 0 atom stereocenters. The Kier molecular flexibility index (Phi) is 4.60. The fourth-order valence-corrected chi connectivity index (χ4v) is 4.29. The topological polar surface area (TPSA) is 44.7 Å². The van der Waals surface area contributed by atoms with Crippen LogP contribution in [-0.4, -0.2) is 29.6 Å². The third kappa shape index (κ3) is 3.21. The first kappa shape index (κ1) is 17.7. The number of nitrogens with zero attached hydrogens (tertiary/aromatic N) is 2. The van der Waals surface area contributed by atoms with Gasteiger partial charge in [-0.25, -0.2) is 0 Å². The van der Waals surface area contributed by atoms with E-state index >= 15 is 0 Å². The minimum Gasteiger partial charge on any atom is -0.339 e. The van der Waals surface area contributed by atoms with Crippen LogP contribution in [0.25, 0.3) is 11.1 Å². The molecule has 1 N–H and O–H groups in total. The van der Waals surface area contributed by atoms with Crippen molar-refractivity contribution in [2.75, 3.05) is 18.5 Å². The third-order valence-electron chi connectivity index (χ3n) is 5.72. The van der Waals surface area contributed by atoms with Crippen LogP contribution in [0.5, 0.6) is 0 Å². The van der Waals surface area contributed by atoms with Crippen molar-refractivity contribution in [1.82, 2.24) is 4.90 Å². The van der Waals surface area contributed by atoms with E-state index in [1.165, 1.54) is 6.42 Å². The summed E-state index contributed by atoms with van der Waals surface area (Å²) in [6.07, 6.45) is 3.39. The molecule has 4 heteroatoms. The first-order valence-corrected chi connectivity index (χ1v) is 10.2. The minimum absolute atomic E-state index is 0.133. The van der Waals surface area contributed by atoms with Crippen molar-refractivity contribution in [2.24, 2.45) is 5.10 Å². The molecule has 0 radical (unpaired) electrons. The molecule has 0 bridgehead atoms. The van der Waals surface area contributed by atoms with Gasteiger partial charge in [0.2, 0.25) is 0 Å². The Bertz CT molecular complexity index is 1080. The van der Waals surface area contributed by atoms with Crippen LogP contribution in [0, 0.1) is 0 Å². The molecule has 2 aliphatic rings. The lowest BCUT2D eigenvalue weighted by Crippen LogP contribution is -2.35. The molecule has 5 rings (SSSR count). The summed E-state index contributed by atoms with van der Waals surface area (Å²) in [6, 6.07) is 24.1. The minimum atomic E-state index is 0.133. The summed E-state index contributed by atoms with van der Waals surface area (Å²) in [5, 5.41) is 4.73.